The Kier molecular flexibility index (Phi) is 8.00. The average Bonchev–Trinajstić information content (AvgIpc) is 2.54. The summed E-state index contributed by atoms with van der Waals surface area (Å²) in [6.45, 7) is 9.69. The van der Waals surface area contributed by atoms with Gasteiger partial charge < -0.3 is 14.8 Å². The second kappa shape index (κ2) is 9.98. The lowest BCUT2D eigenvalue weighted by atomic mass is 10.1. The van der Waals surface area contributed by atoms with E-state index in [0.29, 0.717) is 12.1 Å². The number of nitrogens with zero attached hydrogens (tertiary/aromatic N) is 1. The van der Waals surface area contributed by atoms with Crippen molar-refractivity contribution in [3.8, 4) is 11.8 Å². The molecule has 0 radical (unpaired) electrons. The third kappa shape index (κ3) is 7.88. The van der Waals surface area contributed by atoms with Crippen LogP contribution in [-0.4, -0.2) is 24.2 Å². The van der Waals surface area contributed by atoms with Crippen LogP contribution >= 0.6 is 0 Å². The Morgan fingerprint density at radius 3 is 2.72 bits per heavy atom. The molecule has 0 heterocycles. The Morgan fingerprint density at radius 1 is 1.40 bits per heavy atom. The Hall–Kier alpha value is -3.01. The van der Waals surface area contributed by atoms with E-state index in [9.17, 15) is 14.9 Å². The molecule has 0 aliphatic heterocycles. The van der Waals surface area contributed by atoms with Crippen LogP contribution in [0.1, 0.15) is 31.9 Å². The molecular formula is C18H22N2O5. The van der Waals surface area contributed by atoms with Crippen LogP contribution in [0.4, 0.5) is 10.5 Å². The molecule has 0 amide bonds. The summed E-state index contributed by atoms with van der Waals surface area (Å²) in [5, 5.41) is 14.1. The van der Waals surface area contributed by atoms with E-state index < -0.39 is 11.1 Å². The summed E-state index contributed by atoms with van der Waals surface area (Å²) >= 11 is 0. The van der Waals surface area contributed by atoms with Gasteiger partial charge in [0.2, 0.25) is 0 Å². The molecule has 25 heavy (non-hydrogen) atoms. The number of benzene rings is 1. The first-order chi connectivity index (χ1) is 11.8. The summed E-state index contributed by atoms with van der Waals surface area (Å²) in [6.07, 6.45) is -0.856. The fraction of sp³-hybridized carbons (Fsp3) is 0.389. The fourth-order valence-corrected chi connectivity index (χ4v) is 1.71. The summed E-state index contributed by atoms with van der Waals surface area (Å²) in [7, 11) is 0. The number of ether oxygens (including phenoxy) is 2. The maximum Gasteiger partial charge on any atom is 0.508 e. The third-order valence-electron chi connectivity index (χ3n) is 2.87. The van der Waals surface area contributed by atoms with Crippen LogP contribution < -0.4 is 5.32 Å². The van der Waals surface area contributed by atoms with Crippen molar-refractivity contribution in [3.05, 3.63) is 51.7 Å². The molecule has 0 fully saturated rings. The van der Waals surface area contributed by atoms with E-state index in [0.717, 1.165) is 5.70 Å². The van der Waals surface area contributed by atoms with Gasteiger partial charge in [-0.25, -0.2) is 4.79 Å². The number of carbonyl (C=O) groups excluding carboxylic acids is 1. The van der Waals surface area contributed by atoms with Crippen LogP contribution in [0.3, 0.4) is 0 Å². The highest BCUT2D eigenvalue weighted by Crippen LogP contribution is 2.21. The SMILES string of the molecule is C=C(C)NCC#Cc1ccc([N+](=O)[O-])c(COC(=O)OCC(C)C)c1. The molecule has 0 unspecified atom stereocenters. The van der Waals surface area contributed by atoms with Gasteiger partial charge in [-0.05, 0) is 25.0 Å². The summed E-state index contributed by atoms with van der Waals surface area (Å²) in [6, 6.07) is 4.42. The van der Waals surface area contributed by atoms with E-state index in [4.69, 9.17) is 9.47 Å². The van der Waals surface area contributed by atoms with E-state index in [-0.39, 0.29) is 30.4 Å². The van der Waals surface area contributed by atoms with Crippen LogP contribution in [0.15, 0.2) is 30.5 Å². The normalized spacial score (nSPS) is 9.76. The van der Waals surface area contributed by atoms with Gasteiger partial charge in [0.1, 0.15) is 6.61 Å². The monoisotopic (exact) mass is 346 g/mol. The minimum atomic E-state index is -0.856. The van der Waals surface area contributed by atoms with Gasteiger partial charge in [-0.1, -0.05) is 32.3 Å². The van der Waals surface area contributed by atoms with Gasteiger partial charge in [-0.15, -0.1) is 0 Å². The van der Waals surface area contributed by atoms with Crippen LogP contribution in [0.2, 0.25) is 0 Å². The molecule has 0 aliphatic carbocycles. The van der Waals surface area contributed by atoms with E-state index in [1.165, 1.54) is 12.1 Å². The van der Waals surface area contributed by atoms with Crippen LogP contribution in [0, 0.1) is 27.9 Å². The lowest BCUT2D eigenvalue weighted by molar-refractivity contribution is -0.385. The van der Waals surface area contributed by atoms with Crippen LogP contribution in [0.5, 0.6) is 0 Å². The smallest absolute Gasteiger partial charge is 0.434 e. The first-order valence-electron chi connectivity index (χ1n) is 7.74. The Balaban J connectivity index is 2.80. The van der Waals surface area contributed by atoms with Crippen molar-refractivity contribution in [2.75, 3.05) is 13.2 Å². The van der Waals surface area contributed by atoms with Crippen molar-refractivity contribution in [2.45, 2.75) is 27.4 Å². The maximum atomic E-state index is 11.5. The molecule has 0 aliphatic rings. The number of rotatable bonds is 7. The van der Waals surface area contributed by atoms with Gasteiger partial charge in [-0.3, -0.25) is 10.1 Å². The highest BCUT2D eigenvalue weighted by molar-refractivity contribution is 5.60. The molecule has 0 bridgehead atoms. The highest BCUT2D eigenvalue weighted by Gasteiger charge is 2.16. The van der Waals surface area contributed by atoms with Gasteiger partial charge in [0.05, 0.1) is 23.6 Å². The van der Waals surface area contributed by atoms with Crippen molar-refractivity contribution >= 4 is 11.8 Å². The third-order valence-corrected chi connectivity index (χ3v) is 2.87. The molecule has 7 nitrogen and oxygen atoms in total. The molecule has 0 atom stereocenters. The van der Waals surface area contributed by atoms with Crippen molar-refractivity contribution in [1.82, 2.24) is 5.32 Å². The zero-order valence-corrected chi connectivity index (χ0v) is 14.6. The van der Waals surface area contributed by atoms with Gasteiger partial charge in [0.15, 0.2) is 0 Å². The van der Waals surface area contributed by atoms with E-state index in [1.807, 2.05) is 20.8 Å². The first-order valence-corrected chi connectivity index (χ1v) is 7.74. The summed E-state index contributed by atoms with van der Waals surface area (Å²) in [4.78, 5) is 22.1. The molecule has 0 saturated heterocycles. The largest absolute Gasteiger partial charge is 0.508 e. The number of nitrogens with one attached hydrogen (secondary N) is 1. The number of nitro groups is 1. The quantitative estimate of drug-likeness (QED) is 0.352. The van der Waals surface area contributed by atoms with E-state index in [1.54, 1.807) is 6.07 Å². The van der Waals surface area contributed by atoms with Gasteiger partial charge in [0.25, 0.3) is 5.69 Å². The minimum Gasteiger partial charge on any atom is -0.434 e. The molecule has 1 aromatic rings. The topological polar surface area (TPSA) is 90.7 Å². The Bertz CT molecular complexity index is 701. The van der Waals surface area contributed by atoms with Crippen molar-refractivity contribution in [2.24, 2.45) is 5.92 Å². The first kappa shape index (κ1) is 20.0. The number of carbonyl (C=O) groups is 1. The second-order valence-corrected chi connectivity index (χ2v) is 5.78. The van der Waals surface area contributed by atoms with Crippen molar-refractivity contribution < 1.29 is 19.2 Å². The van der Waals surface area contributed by atoms with Gasteiger partial charge in [0, 0.05) is 17.3 Å². The molecule has 0 saturated carbocycles. The minimum absolute atomic E-state index is 0.137. The molecule has 1 rings (SSSR count). The lowest BCUT2D eigenvalue weighted by Crippen LogP contribution is -2.12. The molecule has 0 spiro atoms. The number of hydrogen-bond donors (Lipinski definition) is 1. The molecule has 0 aromatic heterocycles. The van der Waals surface area contributed by atoms with Crippen molar-refractivity contribution in [3.63, 3.8) is 0 Å². The summed E-state index contributed by atoms with van der Waals surface area (Å²) < 4.78 is 9.83. The predicted octanol–water partition coefficient (Wildman–Crippen LogP) is 3.38. The second-order valence-electron chi connectivity index (χ2n) is 5.78. The summed E-state index contributed by atoms with van der Waals surface area (Å²) in [5.74, 6) is 5.94. The molecule has 1 N–H and O–H groups in total. The molecule has 7 heteroatoms. The molecule has 1 aromatic carbocycles. The predicted molar refractivity (Wildman–Crippen MR) is 93.8 cm³/mol. The van der Waals surface area contributed by atoms with Gasteiger partial charge in [-0.2, -0.15) is 0 Å². The summed E-state index contributed by atoms with van der Waals surface area (Å²) in [5.41, 5.74) is 1.50. The Morgan fingerprint density at radius 2 is 2.12 bits per heavy atom. The van der Waals surface area contributed by atoms with Crippen LogP contribution in [-0.2, 0) is 16.1 Å². The lowest BCUT2D eigenvalue weighted by Gasteiger charge is -2.08. The molecule has 134 valence electrons. The number of nitro benzene ring substituents is 1. The standard InChI is InChI=1S/C18H22N2O5/c1-13(2)11-24-18(21)25-12-16-10-15(6-5-9-19-14(3)4)7-8-17(16)20(22)23/h7-8,10,13,19H,3,9,11-12H2,1-2,4H3. The highest BCUT2D eigenvalue weighted by atomic mass is 16.7. The number of allylic oxidation sites excluding steroid dienone is 1. The zero-order chi connectivity index (χ0) is 18.8. The molecular weight excluding hydrogens is 324 g/mol. The number of hydrogen-bond acceptors (Lipinski definition) is 6. The zero-order valence-electron chi connectivity index (χ0n) is 14.6. The van der Waals surface area contributed by atoms with E-state index >= 15 is 0 Å². The van der Waals surface area contributed by atoms with Gasteiger partial charge >= 0.3 is 6.16 Å². The fourth-order valence-electron chi connectivity index (χ4n) is 1.71. The van der Waals surface area contributed by atoms with E-state index in [2.05, 4.69) is 23.7 Å². The maximum absolute atomic E-state index is 11.5. The van der Waals surface area contributed by atoms with Crippen LogP contribution in [0.25, 0.3) is 0 Å². The van der Waals surface area contributed by atoms with Crippen molar-refractivity contribution in [1.29, 1.82) is 0 Å². The Labute approximate surface area is 147 Å². The average molecular weight is 346 g/mol.